The average Bonchev–Trinajstić information content (AvgIpc) is 3.64. The molecular weight excluding hydrogens is 558 g/mol. The molecule has 3 heterocycles. The molecule has 4 rings (SSSR count). The van der Waals surface area contributed by atoms with Gasteiger partial charge < -0.3 is 29.3 Å². The second-order valence-electron chi connectivity index (χ2n) is 12.3. The smallest absolute Gasteiger partial charge is 0.248 e. The molecule has 0 aliphatic carbocycles. The molecule has 1 spiro atoms. The zero-order chi connectivity index (χ0) is 32.1. The first-order chi connectivity index (χ1) is 21.2. The monoisotopic (exact) mass is 609 g/mol. The summed E-state index contributed by atoms with van der Waals surface area (Å²) in [7, 11) is 0. The Labute approximate surface area is 262 Å². The van der Waals surface area contributed by atoms with E-state index in [9.17, 15) is 19.5 Å². The Kier molecular flexibility index (Phi) is 10.9. The van der Waals surface area contributed by atoms with E-state index < -0.39 is 35.1 Å². The molecular formula is C35H51N3O6. The van der Waals surface area contributed by atoms with Crippen LogP contribution in [0.4, 0.5) is 5.69 Å². The van der Waals surface area contributed by atoms with Gasteiger partial charge in [-0.3, -0.25) is 14.4 Å². The first-order valence-corrected chi connectivity index (χ1v) is 16.4. The van der Waals surface area contributed by atoms with Gasteiger partial charge in [-0.05, 0) is 63.3 Å². The SMILES string of the molecule is C=CCN(CCCCC)C(=O)C1N([C@@H](CC)CO)C(=O)[C@@H]2[C@H](C(=O)N(CC=C)c3ccc(OCC)cc3)[C@]3(CC)CCC12O3. The predicted molar refractivity (Wildman–Crippen MR) is 171 cm³/mol. The van der Waals surface area contributed by atoms with Gasteiger partial charge in [-0.15, -0.1) is 13.2 Å². The highest BCUT2D eigenvalue weighted by atomic mass is 16.5. The number of amides is 3. The van der Waals surface area contributed by atoms with Gasteiger partial charge in [0.15, 0.2) is 0 Å². The number of likely N-dealkylation sites (tertiary alicyclic amines) is 1. The Morgan fingerprint density at radius 1 is 1.09 bits per heavy atom. The Balaban J connectivity index is 1.80. The molecule has 1 aromatic rings. The highest BCUT2D eigenvalue weighted by molar-refractivity contribution is 6.03. The number of hydrogen-bond donors (Lipinski definition) is 1. The number of hydrogen-bond acceptors (Lipinski definition) is 6. The standard InChI is InChI=1S/C35H51N3O6/c1-7-13-14-23-36(21-8-2)33(42)30-35-20-19-34(11-5,44-35)28(29(35)32(41)38(30)25(10-4)24-39)31(40)37(22-9-3)26-15-17-27(18-16-26)43-12-6/h8-9,15-18,25,28-30,39H,2-3,7,10-14,19-24H2,1,4-6H3/t25-,28+,29-,30?,34-,35?/m0/s1. The molecule has 3 amide bonds. The summed E-state index contributed by atoms with van der Waals surface area (Å²) < 4.78 is 12.6. The van der Waals surface area contributed by atoms with Gasteiger partial charge in [0, 0.05) is 25.3 Å². The van der Waals surface area contributed by atoms with Gasteiger partial charge in [0.2, 0.25) is 17.7 Å². The van der Waals surface area contributed by atoms with Crippen LogP contribution in [0.25, 0.3) is 0 Å². The number of rotatable bonds is 17. The fraction of sp³-hybridized carbons (Fsp3) is 0.629. The maximum Gasteiger partial charge on any atom is 0.248 e. The van der Waals surface area contributed by atoms with E-state index in [-0.39, 0.29) is 30.9 Å². The topological polar surface area (TPSA) is 99.6 Å². The van der Waals surface area contributed by atoms with Crippen LogP contribution >= 0.6 is 0 Å². The number of fused-ring (bicyclic) bond motifs is 1. The van der Waals surface area contributed by atoms with Crippen molar-refractivity contribution in [2.24, 2.45) is 11.8 Å². The molecule has 9 heteroatoms. The molecule has 2 bridgehead atoms. The van der Waals surface area contributed by atoms with E-state index in [2.05, 4.69) is 20.1 Å². The van der Waals surface area contributed by atoms with Crippen LogP contribution in [0.1, 0.15) is 72.6 Å². The summed E-state index contributed by atoms with van der Waals surface area (Å²) in [5, 5.41) is 10.4. The molecule has 6 atom stereocenters. The molecule has 44 heavy (non-hydrogen) atoms. The summed E-state index contributed by atoms with van der Waals surface area (Å²) >= 11 is 0. The van der Waals surface area contributed by atoms with E-state index >= 15 is 0 Å². The fourth-order valence-corrected chi connectivity index (χ4v) is 7.80. The van der Waals surface area contributed by atoms with E-state index in [0.717, 1.165) is 19.3 Å². The number of anilines is 1. The van der Waals surface area contributed by atoms with Crippen molar-refractivity contribution >= 4 is 23.4 Å². The molecule has 3 aliphatic rings. The van der Waals surface area contributed by atoms with Crippen molar-refractivity contribution in [1.82, 2.24) is 9.80 Å². The second kappa shape index (κ2) is 14.3. The lowest BCUT2D eigenvalue weighted by Crippen LogP contribution is -2.59. The molecule has 2 unspecified atom stereocenters. The Hall–Kier alpha value is -3.17. The number of aliphatic hydroxyl groups excluding tert-OH is 1. The van der Waals surface area contributed by atoms with Crippen LogP contribution in [0.15, 0.2) is 49.6 Å². The van der Waals surface area contributed by atoms with Gasteiger partial charge in [0.1, 0.15) is 17.4 Å². The van der Waals surface area contributed by atoms with E-state index in [4.69, 9.17) is 9.47 Å². The summed E-state index contributed by atoms with van der Waals surface area (Å²) in [4.78, 5) is 48.9. The number of unbranched alkanes of at least 4 members (excludes halogenated alkanes) is 2. The van der Waals surface area contributed by atoms with Crippen molar-refractivity contribution in [3.63, 3.8) is 0 Å². The number of carbonyl (C=O) groups excluding carboxylic acids is 3. The highest BCUT2D eigenvalue weighted by Crippen LogP contribution is 2.65. The van der Waals surface area contributed by atoms with E-state index in [1.807, 2.05) is 45.0 Å². The van der Waals surface area contributed by atoms with Crippen molar-refractivity contribution in [3.05, 3.63) is 49.6 Å². The summed E-state index contributed by atoms with van der Waals surface area (Å²) in [6.45, 7) is 17.1. The van der Waals surface area contributed by atoms with Crippen LogP contribution in [0.2, 0.25) is 0 Å². The third-order valence-corrected chi connectivity index (χ3v) is 9.92. The van der Waals surface area contributed by atoms with Gasteiger partial charge in [0.25, 0.3) is 0 Å². The number of benzene rings is 1. The maximum atomic E-state index is 14.7. The maximum absolute atomic E-state index is 14.7. The van der Waals surface area contributed by atoms with Gasteiger partial charge in [0.05, 0.1) is 36.7 Å². The quantitative estimate of drug-likeness (QED) is 0.203. The van der Waals surface area contributed by atoms with E-state index in [1.165, 1.54) is 0 Å². The van der Waals surface area contributed by atoms with Gasteiger partial charge >= 0.3 is 0 Å². The van der Waals surface area contributed by atoms with E-state index in [0.29, 0.717) is 56.8 Å². The molecule has 1 aromatic carbocycles. The zero-order valence-electron chi connectivity index (χ0n) is 27.0. The Bertz CT molecular complexity index is 1200. The van der Waals surface area contributed by atoms with Crippen LogP contribution in [-0.4, -0.2) is 88.8 Å². The molecule has 1 N–H and O–H groups in total. The van der Waals surface area contributed by atoms with Crippen LogP contribution in [0.3, 0.4) is 0 Å². The highest BCUT2D eigenvalue weighted by Gasteiger charge is 2.79. The summed E-state index contributed by atoms with van der Waals surface area (Å²) in [6.07, 6.45) is 8.28. The summed E-state index contributed by atoms with van der Waals surface area (Å²) in [5.41, 5.74) is -1.36. The van der Waals surface area contributed by atoms with Crippen LogP contribution in [0, 0.1) is 11.8 Å². The number of carbonyl (C=O) groups is 3. The fourth-order valence-electron chi connectivity index (χ4n) is 7.80. The normalized spacial score (nSPS) is 27.6. The minimum atomic E-state index is -1.16. The zero-order valence-corrected chi connectivity index (χ0v) is 27.0. The average molecular weight is 610 g/mol. The van der Waals surface area contributed by atoms with E-state index in [1.54, 1.807) is 26.9 Å². The van der Waals surface area contributed by atoms with Crippen molar-refractivity contribution in [1.29, 1.82) is 0 Å². The molecule has 9 nitrogen and oxygen atoms in total. The van der Waals surface area contributed by atoms with Gasteiger partial charge in [-0.1, -0.05) is 45.8 Å². The molecule has 0 aromatic heterocycles. The number of ether oxygens (including phenoxy) is 2. The Morgan fingerprint density at radius 2 is 1.80 bits per heavy atom. The van der Waals surface area contributed by atoms with Crippen LogP contribution in [0.5, 0.6) is 5.75 Å². The molecule has 3 aliphatic heterocycles. The third-order valence-electron chi connectivity index (χ3n) is 9.92. The van der Waals surface area contributed by atoms with Crippen LogP contribution in [-0.2, 0) is 19.1 Å². The summed E-state index contributed by atoms with van der Waals surface area (Å²) in [6, 6.07) is 5.84. The lowest BCUT2D eigenvalue weighted by Gasteiger charge is -2.39. The number of aliphatic hydroxyl groups is 1. The van der Waals surface area contributed by atoms with Gasteiger partial charge in [-0.2, -0.15) is 0 Å². The van der Waals surface area contributed by atoms with Crippen molar-refractivity contribution in [2.45, 2.75) is 95.9 Å². The largest absolute Gasteiger partial charge is 0.494 e. The second-order valence-corrected chi connectivity index (χ2v) is 12.3. The minimum Gasteiger partial charge on any atom is -0.494 e. The summed E-state index contributed by atoms with van der Waals surface area (Å²) in [5.74, 6) is -1.62. The first-order valence-electron chi connectivity index (χ1n) is 16.4. The van der Waals surface area contributed by atoms with Crippen molar-refractivity contribution in [2.75, 3.05) is 37.7 Å². The first kappa shape index (κ1) is 33.7. The minimum absolute atomic E-state index is 0.196. The molecule has 0 radical (unpaired) electrons. The molecule has 3 fully saturated rings. The molecule has 242 valence electrons. The predicted octanol–water partition coefficient (Wildman–Crippen LogP) is 4.73. The van der Waals surface area contributed by atoms with Crippen molar-refractivity contribution < 1.29 is 29.0 Å². The lowest BCUT2D eigenvalue weighted by molar-refractivity contribution is -0.156. The third kappa shape index (κ3) is 5.69. The number of nitrogens with zero attached hydrogens (tertiary/aromatic N) is 3. The molecule has 3 saturated heterocycles. The lowest BCUT2D eigenvalue weighted by atomic mass is 9.64. The van der Waals surface area contributed by atoms with Crippen LogP contribution < -0.4 is 9.64 Å². The van der Waals surface area contributed by atoms with Gasteiger partial charge in [-0.25, -0.2) is 0 Å². The molecule has 0 saturated carbocycles. The Morgan fingerprint density at radius 3 is 2.36 bits per heavy atom. The van der Waals surface area contributed by atoms with Crippen molar-refractivity contribution in [3.8, 4) is 5.75 Å².